The molecule has 0 atom stereocenters. The molecule has 7 heteroatoms. The Morgan fingerprint density at radius 2 is 2.05 bits per heavy atom. The first-order valence-corrected chi connectivity index (χ1v) is 6.79. The molecular formula is C14H12Cl2N4O. The SMILES string of the molecule is C=CCNc1cnc(C(=O)Nc2ccc(Cl)c(Cl)c2)cn1. The van der Waals surface area contributed by atoms with Gasteiger partial charge in [-0.1, -0.05) is 29.3 Å². The molecule has 0 radical (unpaired) electrons. The maximum atomic E-state index is 12.0. The molecule has 2 rings (SSSR count). The van der Waals surface area contributed by atoms with Crippen molar-refractivity contribution in [2.75, 3.05) is 17.2 Å². The van der Waals surface area contributed by atoms with Gasteiger partial charge in [0.15, 0.2) is 0 Å². The van der Waals surface area contributed by atoms with Crippen LogP contribution in [0.1, 0.15) is 10.5 Å². The molecule has 0 fully saturated rings. The highest BCUT2D eigenvalue weighted by Gasteiger charge is 2.09. The molecule has 21 heavy (non-hydrogen) atoms. The Bertz CT molecular complexity index is 659. The Balaban J connectivity index is 2.05. The molecule has 0 unspecified atom stereocenters. The van der Waals surface area contributed by atoms with Crippen molar-refractivity contribution in [3.8, 4) is 0 Å². The van der Waals surface area contributed by atoms with E-state index in [2.05, 4.69) is 27.2 Å². The van der Waals surface area contributed by atoms with Gasteiger partial charge in [0.2, 0.25) is 0 Å². The third-order valence-electron chi connectivity index (χ3n) is 2.49. The summed E-state index contributed by atoms with van der Waals surface area (Å²) in [6, 6.07) is 4.82. The molecule has 0 aliphatic heterocycles. The Morgan fingerprint density at radius 1 is 1.24 bits per heavy atom. The van der Waals surface area contributed by atoms with Crippen LogP contribution in [0.5, 0.6) is 0 Å². The van der Waals surface area contributed by atoms with E-state index in [4.69, 9.17) is 23.2 Å². The summed E-state index contributed by atoms with van der Waals surface area (Å²) in [5.41, 5.74) is 0.732. The monoisotopic (exact) mass is 322 g/mol. The standard InChI is InChI=1S/C14H12Cl2N4O/c1-2-5-17-13-8-18-12(7-19-13)14(21)20-9-3-4-10(15)11(16)6-9/h2-4,6-8H,1,5H2,(H,17,19)(H,20,21). The van der Waals surface area contributed by atoms with Crippen LogP contribution in [0, 0.1) is 0 Å². The van der Waals surface area contributed by atoms with Gasteiger partial charge in [-0.25, -0.2) is 9.97 Å². The average Bonchev–Trinajstić information content (AvgIpc) is 2.49. The summed E-state index contributed by atoms with van der Waals surface area (Å²) < 4.78 is 0. The number of benzene rings is 1. The second-order valence-corrected chi connectivity index (χ2v) is 4.85. The minimum absolute atomic E-state index is 0.199. The topological polar surface area (TPSA) is 66.9 Å². The minimum atomic E-state index is -0.379. The van der Waals surface area contributed by atoms with Crippen molar-refractivity contribution in [3.63, 3.8) is 0 Å². The number of rotatable bonds is 5. The molecule has 0 bridgehead atoms. The van der Waals surface area contributed by atoms with E-state index in [9.17, 15) is 4.79 Å². The number of nitrogens with one attached hydrogen (secondary N) is 2. The molecule has 0 aliphatic carbocycles. The van der Waals surface area contributed by atoms with Crippen molar-refractivity contribution in [2.45, 2.75) is 0 Å². The summed E-state index contributed by atoms with van der Waals surface area (Å²) in [5.74, 6) is 0.192. The van der Waals surface area contributed by atoms with E-state index < -0.39 is 0 Å². The zero-order valence-electron chi connectivity index (χ0n) is 10.9. The van der Waals surface area contributed by atoms with Crippen LogP contribution < -0.4 is 10.6 Å². The van der Waals surface area contributed by atoms with Crippen LogP contribution >= 0.6 is 23.2 Å². The van der Waals surface area contributed by atoms with Crippen molar-refractivity contribution in [1.82, 2.24) is 9.97 Å². The summed E-state index contributed by atoms with van der Waals surface area (Å²) in [4.78, 5) is 20.1. The molecule has 1 heterocycles. The summed E-state index contributed by atoms with van der Waals surface area (Å²) >= 11 is 11.7. The van der Waals surface area contributed by atoms with Gasteiger partial charge < -0.3 is 10.6 Å². The first-order valence-electron chi connectivity index (χ1n) is 6.03. The van der Waals surface area contributed by atoms with Gasteiger partial charge in [0.1, 0.15) is 11.5 Å². The number of nitrogens with zero attached hydrogens (tertiary/aromatic N) is 2. The van der Waals surface area contributed by atoms with Crippen LogP contribution in [0.15, 0.2) is 43.2 Å². The van der Waals surface area contributed by atoms with Gasteiger partial charge in [0.25, 0.3) is 5.91 Å². The summed E-state index contributed by atoms with van der Waals surface area (Å²) in [7, 11) is 0. The second-order valence-electron chi connectivity index (χ2n) is 4.04. The van der Waals surface area contributed by atoms with Crippen LogP contribution in [0.2, 0.25) is 10.0 Å². The lowest BCUT2D eigenvalue weighted by atomic mass is 10.3. The van der Waals surface area contributed by atoms with Crippen molar-refractivity contribution in [3.05, 3.63) is 59.0 Å². The Morgan fingerprint density at radius 3 is 2.67 bits per heavy atom. The van der Waals surface area contributed by atoms with Crippen molar-refractivity contribution < 1.29 is 4.79 Å². The fraction of sp³-hybridized carbons (Fsp3) is 0.0714. The van der Waals surface area contributed by atoms with Crippen LogP contribution in [0.3, 0.4) is 0 Å². The van der Waals surface area contributed by atoms with Gasteiger partial charge >= 0.3 is 0 Å². The number of hydrogen-bond acceptors (Lipinski definition) is 4. The smallest absolute Gasteiger partial charge is 0.275 e. The Hall–Kier alpha value is -2.11. The van der Waals surface area contributed by atoms with E-state index in [1.807, 2.05) is 0 Å². The maximum absolute atomic E-state index is 12.0. The second kappa shape index (κ2) is 7.06. The van der Waals surface area contributed by atoms with Crippen LogP contribution in [0.25, 0.3) is 0 Å². The largest absolute Gasteiger partial charge is 0.365 e. The first-order chi connectivity index (χ1) is 10.1. The molecule has 0 saturated heterocycles. The van der Waals surface area contributed by atoms with Crippen molar-refractivity contribution in [1.29, 1.82) is 0 Å². The van der Waals surface area contributed by atoms with Crippen LogP contribution in [-0.2, 0) is 0 Å². The van der Waals surface area contributed by atoms with E-state index >= 15 is 0 Å². The van der Waals surface area contributed by atoms with Gasteiger partial charge in [-0.3, -0.25) is 4.79 Å². The summed E-state index contributed by atoms with van der Waals surface area (Å²) in [6.07, 6.45) is 4.57. The predicted molar refractivity (Wildman–Crippen MR) is 85.1 cm³/mol. The normalized spacial score (nSPS) is 10.0. The van der Waals surface area contributed by atoms with E-state index in [1.54, 1.807) is 24.3 Å². The minimum Gasteiger partial charge on any atom is -0.365 e. The molecule has 0 saturated carbocycles. The molecular weight excluding hydrogens is 311 g/mol. The fourth-order valence-electron chi connectivity index (χ4n) is 1.48. The van der Waals surface area contributed by atoms with Gasteiger partial charge in [0.05, 0.1) is 22.4 Å². The highest BCUT2D eigenvalue weighted by atomic mass is 35.5. The zero-order chi connectivity index (χ0) is 15.2. The number of anilines is 2. The number of halogens is 2. The van der Waals surface area contributed by atoms with E-state index in [-0.39, 0.29) is 11.6 Å². The molecule has 5 nitrogen and oxygen atoms in total. The summed E-state index contributed by atoms with van der Waals surface area (Å²) in [6.45, 7) is 4.16. The molecule has 0 spiro atoms. The van der Waals surface area contributed by atoms with Crippen LogP contribution in [0.4, 0.5) is 11.5 Å². The molecule has 1 aromatic heterocycles. The van der Waals surface area contributed by atoms with Gasteiger partial charge in [0, 0.05) is 12.2 Å². The lowest BCUT2D eigenvalue weighted by Gasteiger charge is -2.06. The van der Waals surface area contributed by atoms with E-state index in [0.29, 0.717) is 28.1 Å². The maximum Gasteiger partial charge on any atom is 0.275 e. The number of aromatic nitrogens is 2. The molecule has 108 valence electrons. The van der Waals surface area contributed by atoms with E-state index in [0.717, 1.165) is 0 Å². The Labute approximate surface area is 132 Å². The Kier molecular flexibility index (Phi) is 5.14. The van der Waals surface area contributed by atoms with E-state index in [1.165, 1.54) is 12.4 Å². The predicted octanol–water partition coefficient (Wildman–Crippen LogP) is 3.63. The highest BCUT2D eigenvalue weighted by Crippen LogP contribution is 2.25. The fourth-order valence-corrected chi connectivity index (χ4v) is 1.78. The lowest BCUT2D eigenvalue weighted by Crippen LogP contribution is -2.14. The lowest BCUT2D eigenvalue weighted by molar-refractivity contribution is 0.102. The quantitative estimate of drug-likeness (QED) is 0.825. The van der Waals surface area contributed by atoms with Crippen LogP contribution in [-0.4, -0.2) is 22.4 Å². The number of carbonyl (C=O) groups excluding carboxylic acids is 1. The number of carbonyl (C=O) groups is 1. The van der Waals surface area contributed by atoms with Gasteiger partial charge in [-0.2, -0.15) is 0 Å². The third kappa shape index (κ3) is 4.18. The first kappa shape index (κ1) is 15.3. The van der Waals surface area contributed by atoms with Gasteiger partial charge in [-0.05, 0) is 18.2 Å². The van der Waals surface area contributed by atoms with Crippen molar-refractivity contribution in [2.24, 2.45) is 0 Å². The van der Waals surface area contributed by atoms with Gasteiger partial charge in [-0.15, -0.1) is 6.58 Å². The average molecular weight is 323 g/mol. The molecule has 2 aromatic rings. The molecule has 1 amide bonds. The summed E-state index contributed by atoms with van der Waals surface area (Å²) in [5, 5.41) is 6.42. The number of amides is 1. The highest BCUT2D eigenvalue weighted by molar-refractivity contribution is 6.42. The van der Waals surface area contributed by atoms with Crippen molar-refractivity contribution >= 4 is 40.6 Å². The number of hydrogen-bond donors (Lipinski definition) is 2. The zero-order valence-corrected chi connectivity index (χ0v) is 12.4. The molecule has 1 aromatic carbocycles. The third-order valence-corrected chi connectivity index (χ3v) is 3.23. The molecule has 0 aliphatic rings. The molecule has 2 N–H and O–H groups in total.